The number of ether oxygens (including phenoxy) is 3. The zero-order chi connectivity index (χ0) is 15.2. The molecule has 0 atom stereocenters. The van der Waals surface area contributed by atoms with Gasteiger partial charge < -0.3 is 24.8 Å². The molecule has 1 aliphatic heterocycles. The molecule has 6 heteroatoms. The van der Waals surface area contributed by atoms with E-state index in [0.717, 1.165) is 71.3 Å². The Morgan fingerprint density at radius 3 is 2.62 bits per heavy atom. The summed E-state index contributed by atoms with van der Waals surface area (Å²) in [6, 6.07) is 0. The molecule has 2 N–H and O–H groups in total. The fourth-order valence-corrected chi connectivity index (χ4v) is 2.15. The van der Waals surface area contributed by atoms with Crippen molar-refractivity contribution in [2.45, 2.75) is 26.2 Å². The predicted octanol–water partition coefficient (Wildman–Crippen LogP) is 1.02. The number of rotatable bonds is 10. The van der Waals surface area contributed by atoms with Crippen molar-refractivity contribution < 1.29 is 14.2 Å². The maximum atomic E-state index is 5.73. The second-order valence-electron chi connectivity index (χ2n) is 5.11. The summed E-state index contributed by atoms with van der Waals surface area (Å²) in [5.74, 6) is 1.50. The highest BCUT2D eigenvalue weighted by atomic mass is 16.5. The summed E-state index contributed by atoms with van der Waals surface area (Å²) in [5.41, 5.74) is 0. The van der Waals surface area contributed by atoms with Crippen LogP contribution in [0.4, 0.5) is 0 Å². The zero-order valence-electron chi connectivity index (χ0n) is 13.5. The van der Waals surface area contributed by atoms with Gasteiger partial charge in [-0.1, -0.05) is 0 Å². The molecular weight excluding hydrogens is 270 g/mol. The van der Waals surface area contributed by atoms with Crippen LogP contribution in [-0.4, -0.2) is 65.7 Å². The summed E-state index contributed by atoms with van der Waals surface area (Å²) in [6.07, 6.45) is 3.25. The normalized spacial score (nSPS) is 17.0. The molecule has 0 bridgehead atoms. The van der Waals surface area contributed by atoms with E-state index in [2.05, 4.69) is 15.6 Å². The SMILES string of the molecule is CCOCCNC(=NC)NCCCOCC1CCOCC1. The van der Waals surface area contributed by atoms with Crippen molar-refractivity contribution in [3.8, 4) is 0 Å². The number of aliphatic imine (C=N–C) groups is 1. The van der Waals surface area contributed by atoms with Gasteiger partial charge in [-0.3, -0.25) is 4.99 Å². The highest BCUT2D eigenvalue weighted by Gasteiger charge is 2.13. The first-order valence-corrected chi connectivity index (χ1v) is 8.04. The highest BCUT2D eigenvalue weighted by Crippen LogP contribution is 2.14. The fraction of sp³-hybridized carbons (Fsp3) is 0.933. The topological polar surface area (TPSA) is 64.1 Å². The van der Waals surface area contributed by atoms with Crippen LogP contribution in [0.2, 0.25) is 0 Å². The maximum absolute atomic E-state index is 5.73. The number of nitrogens with zero attached hydrogens (tertiary/aromatic N) is 1. The monoisotopic (exact) mass is 301 g/mol. The Bertz CT molecular complexity index is 269. The number of hydrogen-bond acceptors (Lipinski definition) is 4. The van der Waals surface area contributed by atoms with Crippen LogP contribution in [0.1, 0.15) is 26.2 Å². The third-order valence-electron chi connectivity index (χ3n) is 3.42. The van der Waals surface area contributed by atoms with Gasteiger partial charge in [0.15, 0.2) is 5.96 Å². The summed E-state index contributed by atoms with van der Waals surface area (Å²) < 4.78 is 16.3. The third kappa shape index (κ3) is 9.66. The molecule has 21 heavy (non-hydrogen) atoms. The molecule has 0 aromatic heterocycles. The van der Waals surface area contributed by atoms with Crippen molar-refractivity contribution in [1.29, 1.82) is 0 Å². The molecule has 0 spiro atoms. The summed E-state index contributed by atoms with van der Waals surface area (Å²) in [4.78, 5) is 4.16. The smallest absolute Gasteiger partial charge is 0.191 e. The van der Waals surface area contributed by atoms with Crippen LogP contribution in [0.5, 0.6) is 0 Å². The Morgan fingerprint density at radius 1 is 1.14 bits per heavy atom. The van der Waals surface area contributed by atoms with Crippen LogP contribution in [0.25, 0.3) is 0 Å². The number of guanidine groups is 1. The molecule has 0 aliphatic carbocycles. The van der Waals surface area contributed by atoms with Crippen LogP contribution in [-0.2, 0) is 14.2 Å². The number of nitrogens with one attached hydrogen (secondary N) is 2. The van der Waals surface area contributed by atoms with Crippen molar-refractivity contribution in [3.63, 3.8) is 0 Å². The lowest BCUT2D eigenvalue weighted by Gasteiger charge is -2.21. The highest BCUT2D eigenvalue weighted by molar-refractivity contribution is 5.79. The summed E-state index contributed by atoms with van der Waals surface area (Å²) in [5, 5.41) is 6.47. The lowest BCUT2D eigenvalue weighted by atomic mass is 10.0. The first-order chi connectivity index (χ1) is 10.4. The Kier molecular flexibility index (Phi) is 11.1. The molecule has 1 heterocycles. The summed E-state index contributed by atoms with van der Waals surface area (Å²) in [6.45, 7) is 8.51. The molecule has 0 saturated carbocycles. The van der Waals surface area contributed by atoms with Gasteiger partial charge in [-0.05, 0) is 32.1 Å². The van der Waals surface area contributed by atoms with Crippen molar-refractivity contribution in [3.05, 3.63) is 0 Å². The van der Waals surface area contributed by atoms with E-state index in [1.807, 2.05) is 6.92 Å². The quantitative estimate of drug-likeness (QED) is 0.358. The van der Waals surface area contributed by atoms with E-state index in [-0.39, 0.29) is 0 Å². The van der Waals surface area contributed by atoms with E-state index in [9.17, 15) is 0 Å². The predicted molar refractivity (Wildman–Crippen MR) is 84.8 cm³/mol. The third-order valence-corrected chi connectivity index (χ3v) is 3.42. The first kappa shape index (κ1) is 18.2. The van der Waals surface area contributed by atoms with Gasteiger partial charge in [-0.15, -0.1) is 0 Å². The molecule has 0 aromatic rings. The van der Waals surface area contributed by atoms with Crippen molar-refractivity contribution >= 4 is 5.96 Å². The molecule has 0 radical (unpaired) electrons. The first-order valence-electron chi connectivity index (χ1n) is 8.04. The zero-order valence-corrected chi connectivity index (χ0v) is 13.5. The molecule has 124 valence electrons. The minimum atomic E-state index is 0.680. The van der Waals surface area contributed by atoms with Gasteiger partial charge in [0.1, 0.15) is 0 Å². The maximum Gasteiger partial charge on any atom is 0.191 e. The van der Waals surface area contributed by atoms with Crippen LogP contribution < -0.4 is 10.6 Å². The van der Waals surface area contributed by atoms with Crippen LogP contribution in [0.15, 0.2) is 4.99 Å². The van der Waals surface area contributed by atoms with E-state index in [1.54, 1.807) is 7.05 Å². The van der Waals surface area contributed by atoms with Crippen LogP contribution in [0, 0.1) is 5.92 Å². The summed E-state index contributed by atoms with van der Waals surface area (Å²) >= 11 is 0. The van der Waals surface area contributed by atoms with E-state index < -0.39 is 0 Å². The van der Waals surface area contributed by atoms with Gasteiger partial charge >= 0.3 is 0 Å². The lowest BCUT2D eigenvalue weighted by Crippen LogP contribution is -2.39. The van der Waals surface area contributed by atoms with E-state index in [4.69, 9.17) is 14.2 Å². The molecule has 1 fully saturated rings. The van der Waals surface area contributed by atoms with Crippen LogP contribution >= 0.6 is 0 Å². The molecule has 0 amide bonds. The van der Waals surface area contributed by atoms with Gasteiger partial charge in [0.25, 0.3) is 0 Å². The summed E-state index contributed by atoms with van der Waals surface area (Å²) in [7, 11) is 1.78. The van der Waals surface area contributed by atoms with Crippen molar-refractivity contribution in [1.82, 2.24) is 10.6 Å². The standard InChI is InChI=1S/C15H31N3O3/c1-3-19-12-8-18-15(16-2)17-7-4-9-21-13-14-5-10-20-11-6-14/h14H,3-13H2,1-2H3,(H2,16,17,18). The molecule has 0 aromatic carbocycles. The van der Waals surface area contributed by atoms with Gasteiger partial charge in [0.2, 0.25) is 0 Å². The largest absolute Gasteiger partial charge is 0.381 e. The second-order valence-corrected chi connectivity index (χ2v) is 5.11. The minimum absolute atomic E-state index is 0.680. The van der Waals surface area contributed by atoms with Gasteiger partial charge in [0.05, 0.1) is 6.61 Å². The van der Waals surface area contributed by atoms with Crippen molar-refractivity contribution in [2.24, 2.45) is 10.9 Å². The Balaban J connectivity index is 1.91. The van der Waals surface area contributed by atoms with Crippen molar-refractivity contribution in [2.75, 3.05) is 59.8 Å². The van der Waals surface area contributed by atoms with E-state index in [0.29, 0.717) is 12.5 Å². The molecule has 0 unspecified atom stereocenters. The van der Waals surface area contributed by atoms with Crippen LogP contribution in [0.3, 0.4) is 0 Å². The molecule has 1 aliphatic rings. The second kappa shape index (κ2) is 12.9. The minimum Gasteiger partial charge on any atom is -0.381 e. The fourth-order valence-electron chi connectivity index (χ4n) is 2.15. The Labute approximate surface area is 128 Å². The Hall–Kier alpha value is -0.850. The van der Waals surface area contributed by atoms with E-state index >= 15 is 0 Å². The molecule has 1 rings (SSSR count). The average Bonchev–Trinajstić information content (AvgIpc) is 2.53. The van der Waals surface area contributed by atoms with E-state index in [1.165, 1.54) is 0 Å². The van der Waals surface area contributed by atoms with Gasteiger partial charge in [-0.2, -0.15) is 0 Å². The van der Waals surface area contributed by atoms with Gasteiger partial charge in [-0.25, -0.2) is 0 Å². The molecule has 1 saturated heterocycles. The van der Waals surface area contributed by atoms with Gasteiger partial charge in [0, 0.05) is 53.2 Å². The number of hydrogen-bond donors (Lipinski definition) is 2. The molecule has 6 nitrogen and oxygen atoms in total. The average molecular weight is 301 g/mol. The lowest BCUT2D eigenvalue weighted by molar-refractivity contribution is 0.0203. The molecular formula is C15H31N3O3. The Morgan fingerprint density at radius 2 is 1.90 bits per heavy atom.